The van der Waals surface area contributed by atoms with Crippen LogP contribution in [-0.2, 0) is 43.9 Å². The lowest BCUT2D eigenvalue weighted by molar-refractivity contribution is -0.153. The summed E-state index contributed by atoms with van der Waals surface area (Å²) in [5, 5.41) is 13.0. The predicted octanol–water partition coefficient (Wildman–Crippen LogP) is 3.86. The number of hydrogen-bond donors (Lipinski definition) is 2. The second kappa shape index (κ2) is 11.7. The largest absolute Gasteiger partial charge is 0.480 e. The van der Waals surface area contributed by atoms with Crippen molar-refractivity contribution in [2.45, 2.75) is 84.0 Å². The zero-order chi connectivity index (χ0) is 26.5. The summed E-state index contributed by atoms with van der Waals surface area (Å²) in [5.74, 6) is -1.79. The van der Waals surface area contributed by atoms with E-state index in [2.05, 4.69) is 32.2 Å². The third kappa shape index (κ3) is 6.72. The number of ether oxygens (including phenoxy) is 1. The van der Waals surface area contributed by atoms with Gasteiger partial charge in [0.1, 0.15) is 12.1 Å². The number of amides is 1. The lowest BCUT2D eigenvalue weighted by atomic mass is 9.83. The van der Waals surface area contributed by atoms with Gasteiger partial charge in [0.25, 0.3) is 0 Å². The zero-order valence-electron chi connectivity index (χ0n) is 21.9. The van der Waals surface area contributed by atoms with Crippen molar-refractivity contribution >= 4 is 17.8 Å². The Morgan fingerprint density at radius 3 is 2.42 bits per heavy atom. The topological polar surface area (TPSA) is 95.9 Å². The second-order valence-corrected chi connectivity index (χ2v) is 10.5. The first kappa shape index (κ1) is 27.4. The van der Waals surface area contributed by atoms with Gasteiger partial charge in [-0.1, -0.05) is 69.3 Å². The number of carboxylic acid groups (broad SMARTS) is 1. The molecule has 1 aliphatic heterocycles. The smallest absolute Gasteiger partial charge is 0.326 e. The number of esters is 1. The molecule has 0 saturated heterocycles. The highest BCUT2D eigenvalue weighted by atomic mass is 16.5. The van der Waals surface area contributed by atoms with Crippen LogP contribution in [0.25, 0.3) is 0 Å². The van der Waals surface area contributed by atoms with E-state index in [0.717, 1.165) is 22.3 Å². The minimum Gasteiger partial charge on any atom is -0.480 e. The number of nitrogens with zero attached hydrogens (tertiary/aromatic N) is 1. The SMILES string of the molecule is CCOC(=O)[C@H](CCc1ccccc1)N[C@@H](C)C(=O)N1Cc2cc(C(C)(C)C)ccc2C[C@H]1C(=O)O. The van der Waals surface area contributed by atoms with Gasteiger partial charge in [-0.25, -0.2) is 4.79 Å². The fraction of sp³-hybridized carbons (Fsp3) is 0.483. The van der Waals surface area contributed by atoms with Gasteiger partial charge < -0.3 is 14.7 Å². The Bertz CT molecular complexity index is 1080. The van der Waals surface area contributed by atoms with Gasteiger partial charge in [0.15, 0.2) is 0 Å². The molecule has 0 aliphatic carbocycles. The number of benzene rings is 2. The Labute approximate surface area is 213 Å². The van der Waals surface area contributed by atoms with Crippen molar-refractivity contribution in [3.63, 3.8) is 0 Å². The molecule has 3 rings (SSSR count). The third-order valence-electron chi connectivity index (χ3n) is 6.73. The standard InChI is InChI=1S/C29H38N2O5/c1-6-36-28(35)24(15-12-20-10-8-7-9-11-20)30-19(2)26(32)31-18-22-16-23(29(3,4)5)14-13-21(22)17-25(31)27(33)34/h7-11,13-14,16,19,24-25,30H,6,12,15,17-18H2,1-5H3,(H,33,34)/t19-,24-,25-/m0/s1. The molecule has 1 heterocycles. The number of carbonyl (C=O) groups is 3. The van der Waals surface area contributed by atoms with Gasteiger partial charge >= 0.3 is 11.9 Å². The van der Waals surface area contributed by atoms with Crippen LogP contribution in [0.1, 0.15) is 63.3 Å². The molecule has 1 amide bonds. The van der Waals surface area contributed by atoms with Crippen LogP contribution in [0.3, 0.4) is 0 Å². The molecule has 3 atom stereocenters. The van der Waals surface area contributed by atoms with E-state index < -0.39 is 30.1 Å². The number of rotatable bonds is 9. The molecule has 0 saturated carbocycles. The molecule has 1 aliphatic rings. The van der Waals surface area contributed by atoms with E-state index in [0.29, 0.717) is 12.8 Å². The van der Waals surface area contributed by atoms with Crippen molar-refractivity contribution in [2.75, 3.05) is 6.61 Å². The van der Waals surface area contributed by atoms with E-state index in [4.69, 9.17) is 4.74 Å². The maximum Gasteiger partial charge on any atom is 0.326 e. The molecular formula is C29H38N2O5. The van der Waals surface area contributed by atoms with Crippen molar-refractivity contribution in [1.29, 1.82) is 0 Å². The van der Waals surface area contributed by atoms with Crippen molar-refractivity contribution in [3.8, 4) is 0 Å². The second-order valence-electron chi connectivity index (χ2n) is 10.5. The van der Waals surface area contributed by atoms with Gasteiger partial charge in [-0.2, -0.15) is 0 Å². The van der Waals surface area contributed by atoms with Gasteiger partial charge in [-0.3, -0.25) is 14.9 Å². The number of carbonyl (C=O) groups excluding carboxylic acids is 2. The lowest BCUT2D eigenvalue weighted by Crippen LogP contribution is -2.56. The van der Waals surface area contributed by atoms with Crippen molar-refractivity contribution < 1.29 is 24.2 Å². The average Bonchev–Trinajstić information content (AvgIpc) is 2.84. The average molecular weight is 495 g/mol. The van der Waals surface area contributed by atoms with Gasteiger partial charge in [0.2, 0.25) is 5.91 Å². The first-order valence-electron chi connectivity index (χ1n) is 12.6. The first-order valence-corrected chi connectivity index (χ1v) is 12.6. The Morgan fingerprint density at radius 2 is 1.81 bits per heavy atom. The Kier molecular flexibility index (Phi) is 8.90. The lowest BCUT2D eigenvalue weighted by Gasteiger charge is -2.37. The first-order chi connectivity index (χ1) is 17.0. The van der Waals surface area contributed by atoms with E-state index in [1.165, 1.54) is 4.90 Å². The number of carboxylic acids is 1. The fourth-order valence-corrected chi connectivity index (χ4v) is 4.59. The number of fused-ring (bicyclic) bond motifs is 1. The van der Waals surface area contributed by atoms with Crippen molar-refractivity contribution in [3.05, 3.63) is 70.8 Å². The normalized spacial score (nSPS) is 17.1. The molecule has 0 aromatic heterocycles. The summed E-state index contributed by atoms with van der Waals surface area (Å²) in [6.45, 7) is 10.2. The van der Waals surface area contributed by atoms with Crippen LogP contribution in [-0.4, -0.2) is 52.6 Å². The zero-order valence-corrected chi connectivity index (χ0v) is 21.9. The van der Waals surface area contributed by atoms with Gasteiger partial charge in [-0.15, -0.1) is 0 Å². The summed E-state index contributed by atoms with van der Waals surface area (Å²) in [6, 6.07) is 13.5. The molecule has 0 spiro atoms. The monoisotopic (exact) mass is 494 g/mol. The summed E-state index contributed by atoms with van der Waals surface area (Å²) in [5.41, 5.74) is 4.07. The summed E-state index contributed by atoms with van der Waals surface area (Å²) < 4.78 is 5.25. The van der Waals surface area contributed by atoms with Crippen LogP contribution in [0.4, 0.5) is 0 Å². The molecule has 0 radical (unpaired) electrons. The highest BCUT2D eigenvalue weighted by molar-refractivity contribution is 5.88. The van der Waals surface area contributed by atoms with Crippen LogP contribution in [0.2, 0.25) is 0 Å². The molecule has 0 unspecified atom stereocenters. The van der Waals surface area contributed by atoms with E-state index in [1.807, 2.05) is 42.5 Å². The number of nitrogens with one attached hydrogen (secondary N) is 1. The van der Waals surface area contributed by atoms with Gasteiger partial charge in [0, 0.05) is 13.0 Å². The molecule has 7 heteroatoms. The molecule has 194 valence electrons. The minimum absolute atomic E-state index is 0.0615. The van der Waals surface area contributed by atoms with E-state index in [-0.39, 0.29) is 30.9 Å². The summed E-state index contributed by atoms with van der Waals surface area (Å²) in [7, 11) is 0. The molecule has 0 bridgehead atoms. The van der Waals surface area contributed by atoms with Crippen LogP contribution >= 0.6 is 0 Å². The van der Waals surface area contributed by atoms with Crippen LogP contribution in [0, 0.1) is 0 Å². The summed E-state index contributed by atoms with van der Waals surface area (Å²) in [4.78, 5) is 39.7. The number of hydrogen-bond acceptors (Lipinski definition) is 5. The molecule has 36 heavy (non-hydrogen) atoms. The molecular weight excluding hydrogens is 456 g/mol. The number of aryl methyl sites for hydroxylation is 1. The van der Waals surface area contributed by atoms with Crippen molar-refractivity contribution in [2.24, 2.45) is 0 Å². The molecule has 2 N–H and O–H groups in total. The van der Waals surface area contributed by atoms with Gasteiger partial charge in [0.05, 0.1) is 12.6 Å². The van der Waals surface area contributed by atoms with Gasteiger partial charge in [-0.05, 0) is 54.4 Å². The summed E-state index contributed by atoms with van der Waals surface area (Å²) in [6.07, 6.45) is 1.35. The van der Waals surface area contributed by atoms with E-state index in [9.17, 15) is 19.5 Å². The number of aliphatic carboxylic acids is 1. The Morgan fingerprint density at radius 1 is 1.11 bits per heavy atom. The third-order valence-corrected chi connectivity index (χ3v) is 6.73. The minimum atomic E-state index is -1.04. The van der Waals surface area contributed by atoms with Crippen molar-refractivity contribution in [1.82, 2.24) is 10.2 Å². The Balaban J connectivity index is 1.78. The molecule has 2 aromatic rings. The molecule has 0 fully saturated rings. The Hall–Kier alpha value is -3.19. The fourth-order valence-electron chi connectivity index (χ4n) is 4.59. The predicted molar refractivity (Wildman–Crippen MR) is 139 cm³/mol. The quantitative estimate of drug-likeness (QED) is 0.514. The maximum atomic E-state index is 13.5. The maximum absolute atomic E-state index is 13.5. The molecule has 7 nitrogen and oxygen atoms in total. The van der Waals surface area contributed by atoms with E-state index in [1.54, 1.807) is 13.8 Å². The van der Waals surface area contributed by atoms with Crippen LogP contribution in [0.5, 0.6) is 0 Å². The van der Waals surface area contributed by atoms with Crippen LogP contribution < -0.4 is 5.32 Å². The highest BCUT2D eigenvalue weighted by Crippen LogP contribution is 2.30. The summed E-state index contributed by atoms with van der Waals surface area (Å²) >= 11 is 0. The molecule has 2 aromatic carbocycles. The van der Waals surface area contributed by atoms with E-state index >= 15 is 0 Å². The van der Waals surface area contributed by atoms with Crippen LogP contribution in [0.15, 0.2) is 48.5 Å². The highest BCUT2D eigenvalue weighted by Gasteiger charge is 2.37.